The van der Waals surface area contributed by atoms with Crippen molar-refractivity contribution in [2.45, 2.75) is 153 Å². The van der Waals surface area contributed by atoms with Crippen LogP contribution in [0.25, 0.3) is 0 Å². The molecular formula is C31H53N3O49S8. The number of methoxy groups -OCH3 is 1. The molecule has 0 aromatic heterocycles. The Morgan fingerprint density at radius 1 is 0.352 bits per heavy atom. The fraction of sp³-hybridized carbons (Fsp3) is 0.935. The molecule has 19 N–H and O–H groups in total. The molecule has 5 fully saturated rings. The van der Waals surface area contributed by atoms with E-state index in [1.54, 1.807) is 0 Å². The number of ether oxygens (including phenoxy) is 10. The molecule has 5 saturated heterocycles. The molecule has 0 aliphatic carbocycles. The van der Waals surface area contributed by atoms with Gasteiger partial charge in [0.2, 0.25) is 0 Å². The molecule has 0 aromatic rings. The van der Waals surface area contributed by atoms with Gasteiger partial charge in [0.25, 0.3) is 0 Å². The first-order valence-corrected chi connectivity index (χ1v) is 34.7. The topological polar surface area (TPSA) is 805 Å². The van der Waals surface area contributed by atoms with Gasteiger partial charge in [-0.2, -0.15) is 81.5 Å². The Hall–Kier alpha value is -2.74. The predicted octanol–water partition coefficient (Wildman–Crippen LogP) is -13.8. The Bertz CT molecular complexity index is 3490. The second kappa shape index (κ2) is 29.9. The van der Waals surface area contributed by atoms with Crippen LogP contribution in [0, 0.1) is 0 Å². The van der Waals surface area contributed by atoms with Crippen molar-refractivity contribution in [1.29, 1.82) is 0 Å². The van der Waals surface area contributed by atoms with Gasteiger partial charge in [-0.15, -0.1) is 0 Å². The van der Waals surface area contributed by atoms with E-state index in [-0.39, 0.29) is 0 Å². The summed E-state index contributed by atoms with van der Waals surface area (Å²) < 4.78 is 346. The second-order valence-electron chi connectivity index (χ2n) is 18.7. The maximum absolute atomic E-state index is 13.0. The van der Waals surface area contributed by atoms with Gasteiger partial charge in [-0.05, 0) is 0 Å². The first kappa shape index (κ1) is 79.0. The molecule has 0 amide bonds. The molecule has 25 atom stereocenters. The lowest BCUT2D eigenvalue weighted by Gasteiger charge is -2.50. The summed E-state index contributed by atoms with van der Waals surface area (Å²) in [6.45, 7) is -5.06. The van der Waals surface area contributed by atoms with Gasteiger partial charge >= 0.3 is 94.8 Å². The molecule has 5 rings (SSSR count). The Morgan fingerprint density at radius 2 is 0.703 bits per heavy atom. The summed E-state index contributed by atoms with van der Waals surface area (Å²) in [7, 11) is -45.9. The summed E-state index contributed by atoms with van der Waals surface area (Å²) in [6.07, 6.45) is -63.6. The number of hydrogen-bond acceptors (Lipinski definition) is 39. The Balaban J connectivity index is 1.60. The van der Waals surface area contributed by atoms with Gasteiger partial charge in [-0.3, -0.25) is 36.4 Å². The van der Waals surface area contributed by atoms with Crippen LogP contribution in [-0.2, 0) is 161 Å². The Labute approximate surface area is 509 Å². The summed E-state index contributed by atoms with van der Waals surface area (Å²) in [5.41, 5.74) is 0. The van der Waals surface area contributed by atoms with Gasteiger partial charge in [0.05, 0.1) is 19.8 Å². The van der Waals surface area contributed by atoms with Crippen LogP contribution < -0.4 is 14.2 Å². The quantitative estimate of drug-likeness (QED) is 0.0297. The average Bonchev–Trinajstić information content (AvgIpc) is 0.767. The number of carboxylic acid groups (broad SMARTS) is 2. The summed E-state index contributed by atoms with van der Waals surface area (Å²) >= 11 is 0. The fourth-order valence-electron chi connectivity index (χ4n) is 8.98. The zero-order valence-corrected chi connectivity index (χ0v) is 50.5. The Kier molecular flexibility index (Phi) is 26.0. The first-order chi connectivity index (χ1) is 41.2. The molecule has 5 aliphatic heterocycles. The van der Waals surface area contributed by atoms with Crippen LogP contribution in [0.3, 0.4) is 0 Å². The van der Waals surface area contributed by atoms with E-state index in [1.807, 2.05) is 0 Å². The van der Waals surface area contributed by atoms with Crippen LogP contribution >= 0.6 is 0 Å². The van der Waals surface area contributed by atoms with E-state index in [0.717, 1.165) is 11.8 Å². The third-order valence-electron chi connectivity index (χ3n) is 12.4. The fourth-order valence-corrected chi connectivity index (χ4v) is 12.7. The molecular weight excluding hydrogens is 1450 g/mol. The number of aliphatic hydroxyl groups excluding tert-OH is 6. The summed E-state index contributed by atoms with van der Waals surface area (Å²) in [6, 6.07) is -8.17. The molecule has 0 bridgehead atoms. The van der Waals surface area contributed by atoms with Crippen LogP contribution in [0.15, 0.2) is 0 Å². The van der Waals surface area contributed by atoms with Crippen molar-refractivity contribution in [3.8, 4) is 0 Å². The van der Waals surface area contributed by atoms with Gasteiger partial charge < -0.3 is 88.2 Å². The van der Waals surface area contributed by atoms with Crippen LogP contribution in [0.1, 0.15) is 0 Å². The van der Waals surface area contributed by atoms with E-state index in [4.69, 9.17) is 51.9 Å². The second-order valence-corrected chi connectivity index (χ2v) is 27.6. The largest absolute Gasteiger partial charge is 0.479 e. The highest BCUT2D eigenvalue weighted by Crippen LogP contribution is 2.39. The van der Waals surface area contributed by atoms with E-state index in [1.165, 1.54) is 9.44 Å². The number of aliphatic carboxylic acids is 2. The van der Waals surface area contributed by atoms with E-state index in [9.17, 15) is 150 Å². The zero-order valence-electron chi connectivity index (χ0n) is 43.9. The maximum atomic E-state index is 13.0. The molecule has 0 radical (unpaired) electrons. The highest BCUT2D eigenvalue weighted by Gasteiger charge is 2.61. The number of carboxylic acids is 2. The molecule has 0 unspecified atom stereocenters. The van der Waals surface area contributed by atoms with Crippen LogP contribution in [0.4, 0.5) is 0 Å². The van der Waals surface area contributed by atoms with Gasteiger partial charge in [-0.25, -0.2) is 30.5 Å². The van der Waals surface area contributed by atoms with Gasteiger partial charge in [0, 0.05) is 7.11 Å². The van der Waals surface area contributed by atoms with Crippen molar-refractivity contribution >= 4 is 94.8 Å². The van der Waals surface area contributed by atoms with E-state index in [2.05, 4.69) is 20.9 Å². The minimum Gasteiger partial charge on any atom is -0.479 e. The van der Waals surface area contributed by atoms with Crippen molar-refractivity contribution < 1.29 is 222 Å². The average molecular weight is 1510 g/mol. The number of nitrogens with one attached hydrogen (secondary N) is 3. The van der Waals surface area contributed by atoms with E-state index >= 15 is 0 Å². The number of rotatable bonds is 30. The summed E-state index contributed by atoms with van der Waals surface area (Å²) in [4.78, 5) is 25.8. The third kappa shape index (κ3) is 22.9. The summed E-state index contributed by atoms with van der Waals surface area (Å²) in [5.74, 6) is -4.91. The molecule has 5 aliphatic rings. The zero-order chi connectivity index (χ0) is 69.4. The number of hydrogen-bond donors (Lipinski definition) is 19. The maximum Gasteiger partial charge on any atom is 0.397 e. The standard InChI is InChI=1S/C31H53N3O49S8/c1-69-27-9(33-85(48,49)50)13(37)17(6(74-27)3-71-88(57,58)59)76-31-22(83-91(66,67)68)16(40)21(24(81-31)26(43)44)79-29-10(34-86(51,52)53)19(82-90(63,64)65)18(7(75-29)4-72-89(60,61)62)77-30-15(39)14(38)20(23(80-30)25(41)42)78-28-8(32-84(45,46)47)12(36)11(35)5(73-28)2-70-87(54,55)56/h5-24,27-40H,2-4H2,1H3,(H,41,42)(H,43,44)(H,45,46,47)(H,48,49,50)(H,51,52,53)(H,54,55,56)(H,57,58,59)(H,60,61,62)(H,63,64,65)(H,66,67,68)/t5-,6-,7-,8-,9-,10-,11-,12-,13-,14-,15-,16+,17-,18-,19-,20+,21+,22-,23+,24-,27-,28-,29-,30-,31-/m1/s1. The van der Waals surface area contributed by atoms with Crippen LogP contribution in [0.5, 0.6) is 0 Å². The van der Waals surface area contributed by atoms with E-state index in [0.29, 0.717) is 0 Å². The third-order valence-corrected chi connectivity index (χ3v) is 16.4. The molecule has 534 valence electrons. The SMILES string of the molecule is CO[C@@H]1O[C@H](COS(=O)(=O)O)[C@@H](O[C@@H]2O[C@@H](C(=O)O)[C@@H](O[C@H]3O[C@H](COS(=O)(=O)O)[C@@H](O[C@@H]4O[C@H](C(=O)O)[C@@H](O[C@H]5O[C@H](COS(=O)(=O)O)[C@@H](O)[C@H](O)[C@H]5NS(=O)(=O)O)[C@H](O)[C@H]4O)[C@H](OS(=O)(=O)O)[C@H]3NS(=O)(=O)O)[C@H](O)[C@H]2OS(=O)(=O)O)[C@H](O)[C@H]1NS(=O)(=O)O. The Morgan fingerprint density at radius 3 is 1.13 bits per heavy atom. The van der Waals surface area contributed by atoms with Crippen molar-refractivity contribution in [3.63, 3.8) is 0 Å². The number of carbonyl (C=O) groups is 2. The molecule has 0 saturated carbocycles. The molecule has 5 heterocycles. The van der Waals surface area contributed by atoms with E-state index < -0.39 is 268 Å². The minimum atomic E-state index is -6.36. The van der Waals surface area contributed by atoms with Crippen LogP contribution in [-0.4, -0.2) is 337 Å². The monoisotopic (exact) mass is 1510 g/mol. The van der Waals surface area contributed by atoms with Crippen molar-refractivity contribution in [2.75, 3.05) is 26.9 Å². The lowest BCUT2D eigenvalue weighted by atomic mass is 9.94. The number of aliphatic hydroxyl groups is 6. The van der Waals surface area contributed by atoms with Gasteiger partial charge in [-0.1, -0.05) is 0 Å². The van der Waals surface area contributed by atoms with Gasteiger partial charge in [0.1, 0.15) is 104 Å². The molecule has 0 spiro atoms. The first-order valence-electron chi connectivity index (χ1n) is 23.5. The lowest BCUT2D eigenvalue weighted by Crippen LogP contribution is -2.71. The highest BCUT2D eigenvalue weighted by molar-refractivity contribution is 7.84. The highest BCUT2D eigenvalue weighted by atomic mass is 32.3. The molecule has 60 heteroatoms. The van der Waals surface area contributed by atoms with Crippen molar-refractivity contribution in [3.05, 3.63) is 0 Å². The van der Waals surface area contributed by atoms with Gasteiger partial charge in [0.15, 0.2) is 49.8 Å². The smallest absolute Gasteiger partial charge is 0.397 e. The molecule has 52 nitrogen and oxygen atoms in total. The minimum absolute atomic E-state index is 0.735. The van der Waals surface area contributed by atoms with Crippen molar-refractivity contribution in [1.82, 2.24) is 14.2 Å². The van der Waals surface area contributed by atoms with Crippen LogP contribution in [0.2, 0.25) is 0 Å². The lowest BCUT2D eigenvalue weighted by molar-refractivity contribution is -0.373. The molecule has 0 aromatic carbocycles. The predicted molar refractivity (Wildman–Crippen MR) is 262 cm³/mol. The summed E-state index contributed by atoms with van der Waals surface area (Å²) in [5, 5.41) is 87.8. The molecule has 91 heavy (non-hydrogen) atoms. The normalized spacial score (nSPS) is 38.6. The van der Waals surface area contributed by atoms with Crippen molar-refractivity contribution in [2.24, 2.45) is 0 Å².